The van der Waals surface area contributed by atoms with Crippen LogP contribution in [0.15, 0.2) is 69.9 Å². The lowest BCUT2D eigenvalue weighted by molar-refractivity contribution is 0.350. The molecular weight excluding hydrogens is 292 g/mol. The summed E-state index contributed by atoms with van der Waals surface area (Å²) in [6, 6.07) is 13.7. The van der Waals surface area contributed by atoms with Crippen LogP contribution in [0.25, 0.3) is 22.3 Å². The van der Waals surface area contributed by atoms with E-state index in [9.17, 15) is 9.90 Å². The average Bonchev–Trinajstić information content (AvgIpc) is 2.53. The summed E-state index contributed by atoms with van der Waals surface area (Å²) in [4.78, 5) is 12.3. The zero-order chi connectivity index (χ0) is 16.4. The van der Waals surface area contributed by atoms with Crippen LogP contribution in [0.3, 0.4) is 0 Å². The topological polar surface area (TPSA) is 59.7 Å². The summed E-state index contributed by atoms with van der Waals surface area (Å²) in [5, 5.41) is 10.2. The molecule has 116 valence electrons. The van der Waals surface area contributed by atoms with Crippen molar-refractivity contribution in [2.75, 3.05) is 6.61 Å². The van der Waals surface area contributed by atoms with Gasteiger partial charge in [0.1, 0.15) is 34.8 Å². The summed E-state index contributed by atoms with van der Waals surface area (Å²) < 4.78 is 11.3. The van der Waals surface area contributed by atoms with E-state index in [1.165, 1.54) is 12.1 Å². The number of rotatable bonds is 4. The van der Waals surface area contributed by atoms with E-state index in [2.05, 4.69) is 6.58 Å². The Bertz CT molecular complexity index is 923. The second-order valence-electron chi connectivity index (χ2n) is 5.40. The van der Waals surface area contributed by atoms with Crippen molar-refractivity contribution in [3.8, 4) is 22.8 Å². The van der Waals surface area contributed by atoms with Gasteiger partial charge in [0.05, 0.1) is 0 Å². The monoisotopic (exact) mass is 308 g/mol. The van der Waals surface area contributed by atoms with Gasteiger partial charge in [-0.3, -0.25) is 4.79 Å². The molecule has 0 radical (unpaired) electrons. The Kier molecular flexibility index (Phi) is 3.89. The van der Waals surface area contributed by atoms with Crippen molar-refractivity contribution in [3.05, 3.63) is 70.9 Å². The van der Waals surface area contributed by atoms with Crippen LogP contribution in [-0.4, -0.2) is 11.7 Å². The van der Waals surface area contributed by atoms with Gasteiger partial charge in [0.2, 0.25) is 0 Å². The molecule has 4 heteroatoms. The summed E-state index contributed by atoms with van der Waals surface area (Å²) >= 11 is 0. The highest BCUT2D eigenvalue weighted by molar-refractivity contribution is 5.86. The fourth-order valence-electron chi connectivity index (χ4n) is 2.28. The van der Waals surface area contributed by atoms with Gasteiger partial charge in [0, 0.05) is 23.8 Å². The highest BCUT2D eigenvalue weighted by Crippen LogP contribution is 2.31. The van der Waals surface area contributed by atoms with E-state index >= 15 is 0 Å². The molecule has 0 saturated carbocycles. The fraction of sp³-hybridized carbons (Fsp3) is 0.105. The molecule has 23 heavy (non-hydrogen) atoms. The van der Waals surface area contributed by atoms with Crippen molar-refractivity contribution in [2.45, 2.75) is 6.92 Å². The predicted octanol–water partition coefficient (Wildman–Crippen LogP) is 4.12. The Morgan fingerprint density at radius 3 is 2.65 bits per heavy atom. The standard InChI is InChI=1S/C19H16O4/c1-12(2)11-22-14-8-15(20)19-16(21)10-17(23-18(19)9-14)13-6-4-3-5-7-13/h3-10,20H,1,11H2,2H3. The van der Waals surface area contributed by atoms with Crippen molar-refractivity contribution < 1.29 is 14.3 Å². The molecule has 0 bridgehead atoms. The minimum absolute atomic E-state index is 0.146. The minimum atomic E-state index is -0.297. The highest BCUT2D eigenvalue weighted by Gasteiger charge is 2.12. The third-order valence-corrected chi connectivity index (χ3v) is 3.33. The first-order valence-corrected chi connectivity index (χ1v) is 7.18. The zero-order valence-corrected chi connectivity index (χ0v) is 12.7. The largest absolute Gasteiger partial charge is 0.507 e. The first-order valence-electron chi connectivity index (χ1n) is 7.18. The molecule has 0 atom stereocenters. The Hall–Kier alpha value is -3.01. The number of hydrogen-bond donors (Lipinski definition) is 1. The first-order chi connectivity index (χ1) is 11.0. The molecule has 0 aliphatic carbocycles. The summed E-state index contributed by atoms with van der Waals surface area (Å²) in [6.07, 6.45) is 0. The molecule has 1 heterocycles. The van der Waals surface area contributed by atoms with Crippen molar-refractivity contribution in [3.63, 3.8) is 0 Å². The number of benzene rings is 2. The third kappa shape index (κ3) is 3.11. The van der Waals surface area contributed by atoms with Gasteiger partial charge >= 0.3 is 0 Å². The maximum Gasteiger partial charge on any atom is 0.197 e. The molecule has 0 fully saturated rings. The molecule has 0 amide bonds. The minimum Gasteiger partial charge on any atom is -0.507 e. The Balaban J connectivity index is 2.14. The molecule has 1 N–H and O–H groups in total. The normalized spacial score (nSPS) is 10.7. The van der Waals surface area contributed by atoms with Crippen molar-refractivity contribution in [1.29, 1.82) is 0 Å². The maximum absolute atomic E-state index is 12.3. The molecule has 4 nitrogen and oxygen atoms in total. The number of phenolic OH excluding ortho intramolecular Hbond substituents is 1. The van der Waals surface area contributed by atoms with Crippen LogP contribution in [0, 0.1) is 0 Å². The molecule has 0 unspecified atom stereocenters. The number of phenols is 1. The molecule has 1 aromatic heterocycles. The van der Waals surface area contributed by atoms with Gasteiger partial charge in [-0.05, 0) is 12.5 Å². The van der Waals surface area contributed by atoms with E-state index in [0.29, 0.717) is 18.1 Å². The van der Waals surface area contributed by atoms with Crippen molar-refractivity contribution in [2.24, 2.45) is 0 Å². The van der Waals surface area contributed by atoms with Gasteiger partial charge in [0.15, 0.2) is 5.43 Å². The van der Waals surface area contributed by atoms with Crippen molar-refractivity contribution >= 4 is 11.0 Å². The van der Waals surface area contributed by atoms with Gasteiger partial charge in [-0.25, -0.2) is 0 Å². The second kappa shape index (κ2) is 6.01. The number of aromatic hydroxyl groups is 1. The van der Waals surface area contributed by atoms with E-state index in [4.69, 9.17) is 9.15 Å². The summed E-state index contributed by atoms with van der Waals surface area (Å²) in [6.45, 7) is 5.93. The van der Waals surface area contributed by atoms with E-state index < -0.39 is 0 Å². The van der Waals surface area contributed by atoms with E-state index in [0.717, 1.165) is 11.1 Å². The predicted molar refractivity (Wildman–Crippen MR) is 89.9 cm³/mol. The van der Waals surface area contributed by atoms with Crippen LogP contribution < -0.4 is 10.2 Å². The van der Waals surface area contributed by atoms with E-state index in [1.54, 1.807) is 6.07 Å². The van der Waals surface area contributed by atoms with E-state index in [-0.39, 0.29) is 22.1 Å². The van der Waals surface area contributed by atoms with Crippen LogP contribution in [0.2, 0.25) is 0 Å². The molecule has 0 aliphatic rings. The quantitative estimate of drug-likeness (QED) is 0.736. The lowest BCUT2D eigenvalue weighted by Gasteiger charge is -2.09. The molecule has 0 spiro atoms. The highest BCUT2D eigenvalue weighted by atomic mass is 16.5. The number of ether oxygens (including phenoxy) is 1. The van der Waals surface area contributed by atoms with Crippen LogP contribution in [0.1, 0.15) is 6.92 Å². The number of fused-ring (bicyclic) bond motifs is 1. The van der Waals surface area contributed by atoms with E-state index in [1.807, 2.05) is 37.3 Å². The smallest absolute Gasteiger partial charge is 0.197 e. The maximum atomic E-state index is 12.3. The molecular formula is C19H16O4. The van der Waals surface area contributed by atoms with Gasteiger partial charge < -0.3 is 14.3 Å². The van der Waals surface area contributed by atoms with Gasteiger partial charge in [-0.1, -0.05) is 36.9 Å². The first kappa shape index (κ1) is 14.9. The Labute approximate surface area is 133 Å². The molecule has 0 saturated heterocycles. The fourth-order valence-corrected chi connectivity index (χ4v) is 2.28. The molecule has 3 aromatic rings. The summed E-state index contributed by atoms with van der Waals surface area (Å²) in [7, 11) is 0. The second-order valence-corrected chi connectivity index (χ2v) is 5.40. The van der Waals surface area contributed by atoms with Crippen LogP contribution in [0.5, 0.6) is 11.5 Å². The van der Waals surface area contributed by atoms with Crippen LogP contribution >= 0.6 is 0 Å². The molecule has 3 rings (SSSR count). The van der Waals surface area contributed by atoms with Crippen molar-refractivity contribution in [1.82, 2.24) is 0 Å². The van der Waals surface area contributed by atoms with Gasteiger partial charge in [0.25, 0.3) is 0 Å². The lowest BCUT2D eigenvalue weighted by atomic mass is 10.1. The van der Waals surface area contributed by atoms with Gasteiger partial charge in [-0.15, -0.1) is 0 Å². The Morgan fingerprint density at radius 2 is 1.96 bits per heavy atom. The summed E-state index contributed by atoms with van der Waals surface area (Å²) in [5.74, 6) is 0.707. The SMILES string of the molecule is C=C(C)COc1cc(O)c2c(=O)cc(-c3ccccc3)oc2c1. The van der Waals surface area contributed by atoms with Gasteiger partial charge in [-0.2, -0.15) is 0 Å². The van der Waals surface area contributed by atoms with Crippen LogP contribution in [0.4, 0.5) is 0 Å². The molecule has 2 aromatic carbocycles. The lowest BCUT2D eigenvalue weighted by Crippen LogP contribution is -2.02. The Morgan fingerprint density at radius 1 is 1.22 bits per heavy atom. The average molecular weight is 308 g/mol. The number of hydrogen-bond acceptors (Lipinski definition) is 4. The molecule has 0 aliphatic heterocycles. The summed E-state index contributed by atoms with van der Waals surface area (Å²) in [5.41, 5.74) is 1.63. The third-order valence-electron chi connectivity index (χ3n) is 3.33. The zero-order valence-electron chi connectivity index (χ0n) is 12.7. The van der Waals surface area contributed by atoms with Crippen LogP contribution in [-0.2, 0) is 0 Å².